The molecule has 1 spiro atoms. The smallest absolute Gasteiger partial charge is 0.326 e. The fourth-order valence-electron chi connectivity index (χ4n) is 5.15. The number of benzene rings is 1. The molecule has 35 heavy (non-hydrogen) atoms. The summed E-state index contributed by atoms with van der Waals surface area (Å²) in [5, 5.41) is 2.72. The Balaban J connectivity index is 1.24. The van der Waals surface area contributed by atoms with E-state index in [0.29, 0.717) is 48.8 Å². The quantitative estimate of drug-likeness (QED) is 0.383. The average Bonchev–Trinajstić information content (AvgIpc) is 3.50. The first-order valence-corrected chi connectivity index (χ1v) is 11.7. The zero-order chi connectivity index (χ0) is 24.7. The number of ketones is 1. The van der Waals surface area contributed by atoms with Gasteiger partial charge in [-0.05, 0) is 44.9 Å². The Kier molecular flexibility index (Phi) is 5.74. The molecule has 1 aromatic heterocycles. The normalized spacial score (nSPS) is 18.2. The lowest BCUT2D eigenvalue weighted by Crippen LogP contribution is -2.44. The number of nitrogens with one attached hydrogen (secondary N) is 1. The van der Waals surface area contributed by atoms with Crippen LogP contribution < -0.4 is 14.8 Å². The SMILES string of the molecule is Cc1cc(C(=O)COC(=O)CN2C(=O)NC3(CCCC3)C2=O)c(C)n1-c1ccc2c(c1)OCCO2. The summed E-state index contributed by atoms with van der Waals surface area (Å²) in [6, 6.07) is 6.72. The number of carbonyl (C=O) groups excluding carboxylic acids is 4. The van der Waals surface area contributed by atoms with Gasteiger partial charge in [-0.3, -0.25) is 19.3 Å². The molecule has 10 heteroatoms. The topological polar surface area (TPSA) is 116 Å². The molecule has 1 N–H and O–H groups in total. The van der Waals surface area contributed by atoms with Crippen LogP contribution in [0.4, 0.5) is 4.79 Å². The summed E-state index contributed by atoms with van der Waals surface area (Å²) in [4.78, 5) is 51.1. The zero-order valence-electron chi connectivity index (χ0n) is 19.7. The highest BCUT2D eigenvalue weighted by Crippen LogP contribution is 2.35. The van der Waals surface area contributed by atoms with E-state index in [0.717, 1.165) is 29.1 Å². The largest absolute Gasteiger partial charge is 0.486 e. The maximum absolute atomic E-state index is 12.9. The minimum Gasteiger partial charge on any atom is -0.486 e. The van der Waals surface area contributed by atoms with Crippen LogP contribution in [0.3, 0.4) is 0 Å². The fourth-order valence-corrected chi connectivity index (χ4v) is 5.15. The van der Waals surface area contributed by atoms with E-state index in [9.17, 15) is 19.2 Å². The highest BCUT2D eigenvalue weighted by Gasteiger charge is 2.52. The first-order valence-electron chi connectivity index (χ1n) is 11.7. The summed E-state index contributed by atoms with van der Waals surface area (Å²) in [6.45, 7) is 3.66. The van der Waals surface area contributed by atoms with Crippen molar-refractivity contribution in [2.45, 2.75) is 45.1 Å². The molecule has 0 unspecified atom stereocenters. The van der Waals surface area contributed by atoms with Gasteiger partial charge in [-0.2, -0.15) is 0 Å². The van der Waals surface area contributed by atoms with Crippen molar-refractivity contribution < 1.29 is 33.4 Å². The summed E-state index contributed by atoms with van der Waals surface area (Å²) in [6.07, 6.45) is 2.84. The third-order valence-corrected chi connectivity index (χ3v) is 6.87. The van der Waals surface area contributed by atoms with Crippen molar-refractivity contribution in [1.82, 2.24) is 14.8 Å². The summed E-state index contributed by atoms with van der Waals surface area (Å²) in [7, 11) is 0. The lowest BCUT2D eigenvalue weighted by Gasteiger charge is -2.20. The van der Waals surface area contributed by atoms with Crippen molar-refractivity contribution in [1.29, 1.82) is 0 Å². The van der Waals surface area contributed by atoms with E-state index in [1.54, 1.807) is 6.07 Å². The molecule has 0 atom stereocenters. The van der Waals surface area contributed by atoms with Crippen LogP contribution >= 0.6 is 0 Å². The number of urea groups is 1. The number of ether oxygens (including phenoxy) is 3. The molecule has 2 aromatic rings. The van der Waals surface area contributed by atoms with Gasteiger partial charge in [0.2, 0.25) is 5.78 Å². The van der Waals surface area contributed by atoms with E-state index in [1.165, 1.54) is 0 Å². The summed E-state index contributed by atoms with van der Waals surface area (Å²) in [5.41, 5.74) is 1.87. The van der Waals surface area contributed by atoms with Gasteiger partial charge in [0.15, 0.2) is 18.1 Å². The molecule has 1 saturated heterocycles. The molecule has 2 fully saturated rings. The van der Waals surface area contributed by atoms with E-state index in [2.05, 4.69) is 5.32 Å². The molecule has 0 radical (unpaired) electrons. The summed E-state index contributed by atoms with van der Waals surface area (Å²) >= 11 is 0. The Hall–Kier alpha value is -3.82. The highest BCUT2D eigenvalue weighted by molar-refractivity contribution is 6.09. The minimum atomic E-state index is -0.890. The second kappa shape index (κ2) is 8.75. The minimum absolute atomic E-state index is 0.375. The monoisotopic (exact) mass is 481 g/mol. The van der Waals surface area contributed by atoms with E-state index >= 15 is 0 Å². The second-order valence-electron chi connectivity index (χ2n) is 9.14. The van der Waals surface area contributed by atoms with Gasteiger partial charge in [-0.1, -0.05) is 12.8 Å². The van der Waals surface area contributed by atoms with Gasteiger partial charge in [-0.15, -0.1) is 0 Å². The molecule has 2 aliphatic heterocycles. The Labute approximate surface area is 202 Å². The van der Waals surface area contributed by atoms with Crippen LogP contribution in [0.2, 0.25) is 0 Å². The standard InChI is InChI=1S/C25H27N3O7/c1-15-11-18(16(2)28(15)17-5-6-20-21(12-17)34-10-9-33-20)19(29)14-35-22(30)13-27-23(31)25(26-24(27)32)7-3-4-8-25/h5-6,11-12H,3-4,7-10,13-14H2,1-2H3,(H,26,32). The van der Waals surface area contributed by atoms with Crippen LogP contribution in [0.5, 0.6) is 11.5 Å². The number of Topliss-reactive ketones (excluding diaryl/α,β-unsaturated/α-hetero) is 1. The zero-order valence-corrected chi connectivity index (χ0v) is 19.7. The molecule has 184 valence electrons. The molecule has 1 aromatic carbocycles. The molecule has 3 aliphatic rings. The number of imide groups is 1. The Bertz CT molecular complexity index is 1230. The van der Waals surface area contributed by atoms with Crippen molar-refractivity contribution in [2.24, 2.45) is 0 Å². The van der Waals surface area contributed by atoms with Gasteiger partial charge in [0.1, 0.15) is 25.3 Å². The van der Waals surface area contributed by atoms with Crippen LogP contribution in [-0.2, 0) is 14.3 Å². The molecular weight excluding hydrogens is 454 g/mol. The average molecular weight is 482 g/mol. The molecule has 5 rings (SSSR count). The van der Waals surface area contributed by atoms with Crippen molar-refractivity contribution in [3.05, 3.63) is 41.2 Å². The van der Waals surface area contributed by atoms with Gasteiger partial charge in [0.05, 0.1) is 0 Å². The van der Waals surface area contributed by atoms with Gasteiger partial charge < -0.3 is 24.1 Å². The molecule has 1 saturated carbocycles. The maximum Gasteiger partial charge on any atom is 0.326 e. The van der Waals surface area contributed by atoms with Gasteiger partial charge in [-0.25, -0.2) is 4.79 Å². The molecule has 3 heterocycles. The van der Waals surface area contributed by atoms with Crippen LogP contribution in [0, 0.1) is 13.8 Å². The van der Waals surface area contributed by atoms with Gasteiger partial charge in [0, 0.05) is 28.7 Å². The third kappa shape index (κ3) is 4.02. The molecule has 1 aliphatic carbocycles. The van der Waals surface area contributed by atoms with Crippen molar-refractivity contribution in [2.75, 3.05) is 26.4 Å². The lowest BCUT2D eigenvalue weighted by atomic mass is 9.98. The van der Waals surface area contributed by atoms with Crippen LogP contribution in [0.1, 0.15) is 47.4 Å². The number of nitrogens with zero attached hydrogens (tertiary/aromatic N) is 2. The number of fused-ring (bicyclic) bond motifs is 1. The molecule has 10 nitrogen and oxygen atoms in total. The van der Waals surface area contributed by atoms with Crippen LogP contribution in [0.25, 0.3) is 5.69 Å². The van der Waals surface area contributed by atoms with Crippen LogP contribution in [0.15, 0.2) is 24.3 Å². The van der Waals surface area contributed by atoms with E-state index in [-0.39, 0.29) is 5.78 Å². The van der Waals surface area contributed by atoms with Crippen molar-refractivity contribution in [3.8, 4) is 17.2 Å². The Morgan fingerprint density at radius 3 is 2.51 bits per heavy atom. The number of rotatable bonds is 6. The first-order chi connectivity index (χ1) is 16.8. The fraction of sp³-hybridized carbons (Fsp3) is 0.440. The van der Waals surface area contributed by atoms with E-state index in [4.69, 9.17) is 14.2 Å². The number of amides is 3. The number of aryl methyl sites for hydroxylation is 1. The molecule has 0 bridgehead atoms. The van der Waals surface area contributed by atoms with Crippen LogP contribution in [-0.4, -0.2) is 65.1 Å². The number of aromatic nitrogens is 1. The first kappa shape index (κ1) is 22.9. The summed E-state index contributed by atoms with van der Waals surface area (Å²) in [5.74, 6) is -0.263. The predicted octanol–water partition coefficient (Wildman–Crippen LogP) is 2.46. The Morgan fingerprint density at radius 2 is 1.77 bits per heavy atom. The van der Waals surface area contributed by atoms with E-state index in [1.807, 2.05) is 36.6 Å². The lowest BCUT2D eigenvalue weighted by molar-refractivity contribution is -0.146. The molecule has 3 amide bonds. The van der Waals surface area contributed by atoms with Crippen molar-refractivity contribution in [3.63, 3.8) is 0 Å². The number of hydrogen-bond donors (Lipinski definition) is 1. The predicted molar refractivity (Wildman–Crippen MR) is 123 cm³/mol. The number of esters is 1. The Morgan fingerprint density at radius 1 is 1.06 bits per heavy atom. The van der Waals surface area contributed by atoms with Gasteiger partial charge in [0.25, 0.3) is 5.91 Å². The maximum atomic E-state index is 12.9. The van der Waals surface area contributed by atoms with E-state index < -0.39 is 36.6 Å². The number of hydrogen-bond acceptors (Lipinski definition) is 7. The summed E-state index contributed by atoms with van der Waals surface area (Å²) < 4.78 is 18.3. The third-order valence-electron chi connectivity index (χ3n) is 6.87. The van der Waals surface area contributed by atoms with Crippen molar-refractivity contribution >= 4 is 23.7 Å². The number of carbonyl (C=O) groups is 4. The second-order valence-corrected chi connectivity index (χ2v) is 9.14. The highest BCUT2D eigenvalue weighted by atomic mass is 16.6. The molecular formula is C25H27N3O7. The van der Waals surface area contributed by atoms with Gasteiger partial charge >= 0.3 is 12.0 Å².